The Hall–Kier alpha value is -0.610. The first-order chi connectivity index (χ1) is 8.56. The smallest absolute Gasteiger partial charge is 0.147 e. The van der Waals surface area contributed by atoms with Crippen LogP contribution in [-0.4, -0.2) is 31.1 Å². The molecular formula is C14H20BrFN2. The van der Waals surface area contributed by atoms with Crippen LogP contribution >= 0.6 is 15.9 Å². The standard InChI is InChI=1S/C14H20BrFN2/c1-10(11-5-7-18(2)8-6-11)17-14-4-3-12(15)9-13(14)16/h3-4,9-11,17H,5-8H2,1-2H3. The number of nitrogens with zero attached hydrogens (tertiary/aromatic N) is 1. The maximum Gasteiger partial charge on any atom is 0.147 e. The SMILES string of the molecule is CC(Nc1ccc(Br)cc1F)C1CCN(C)CC1. The monoisotopic (exact) mass is 314 g/mol. The van der Waals surface area contributed by atoms with Gasteiger partial charge in [-0.15, -0.1) is 0 Å². The van der Waals surface area contributed by atoms with Crippen LogP contribution in [0.15, 0.2) is 22.7 Å². The van der Waals surface area contributed by atoms with Gasteiger partial charge in [-0.05, 0) is 64.0 Å². The van der Waals surface area contributed by atoms with Crippen molar-refractivity contribution in [3.63, 3.8) is 0 Å². The topological polar surface area (TPSA) is 15.3 Å². The molecule has 1 fully saturated rings. The van der Waals surface area contributed by atoms with E-state index in [0.29, 0.717) is 17.6 Å². The zero-order valence-corrected chi connectivity index (χ0v) is 12.5. The average molecular weight is 315 g/mol. The van der Waals surface area contributed by atoms with Crippen molar-refractivity contribution in [2.45, 2.75) is 25.8 Å². The molecule has 0 saturated carbocycles. The van der Waals surface area contributed by atoms with E-state index in [4.69, 9.17) is 0 Å². The highest BCUT2D eigenvalue weighted by Crippen LogP contribution is 2.25. The van der Waals surface area contributed by atoms with Crippen LogP contribution in [0.3, 0.4) is 0 Å². The molecule has 18 heavy (non-hydrogen) atoms. The first kappa shape index (κ1) is 13.8. The molecule has 1 aromatic carbocycles. The Kier molecular flexibility index (Phi) is 4.62. The second-order valence-electron chi connectivity index (χ2n) is 5.20. The number of hydrogen-bond donors (Lipinski definition) is 1. The summed E-state index contributed by atoms with van der Waals surface area (Å²) in [6.07, 6.45) is 2.37. The number of hydrogen-bond acceptors (Lipinski definition) is 2. The van der Waals surface area contributed by atoms with Crippen molar-refractivity contribution < 1.29 is 4.39 Å². The van der Waals surface area contributed by atoms with Crippen molar-refractivity contribution >= 4 is 21.6 Å². The molecule has 1 N–H and O–H groups in total. The maximum absolute atomic E-state index is 13.7. The molecule has 2 nitrogen and oxygen atoms in total. The molecule has 0 amide bonds. The average Bonchev–Trinajstić information content (AvgIpc) is 2.33. The van der Waals surface area contributed by atoms with Gasteiger partial charge in [0.1, 0.15) is 5.82 Å². The summed E-state index contributed by atoms with van der Waals surface area (Å²) in [5.41, 5.74) is 0.602. The minimum Gasteiger partial charge on any atom is -0.380 e. The number of halogens is 2. The molecule has 1 saturated heterocycles. The van der Waals surface area contributed by atoms with E-state index >= 15 is 0 Å². The molecule has 1 heterocycles. The quantitative estimate of drug-likeness (QED) is 0.914. The summed E-state index contributed by atoms with van der Waals surface area (Å²) in [5, 5.41) is 3.31. The highest BCUT2D eigenvalue weighted by Gasteiger charge is 2.22. The normalized spacial score (nSPS) is 19.8. The van der Waals surface area contributed by atoms with Gasteiger partial charge in [-0.1, -0.05) is 15.9 Å². The van der Waals surface area contributed by atoms with E-state index in [0.717, 1.165) is 17.6 Å². The van der Waals surface area contributed by atoms with Crippen LogP contribution in [0.1, 0.15) is 19.8 Å². The second-order valence-corrected chi connectivity index (χ2v) is 6.11. The lowest BCUT2D eigenvalue weighted by Crippen LogP contribution is -2.37. The molecule has 0 aliphatic carbocycles. The number of anilines is 1. The van der Waals surface area contributed by atoms with Gasteiger partial charge in [0.15, 0.2) is 0 Å². The molecule has 0 bridgehead atoms. The molecule has 1 aromatic rings. The van der Waals surface area contributed by atoms with Crippen molar-refractivity contribution in [3.8, 4) is 0 Å². The van der Waals surface area contributed by atoms with Gasteiger partial charge < -0.3 is 10.2 Å². The van der Waals surface area contributed by atoms with E-state index in [1.165, 1.54) is 18.9 Å². The minimum atomic E-state index is -0.191. The molecular weight excluding hydrogens is 295 g/mol. The molecule has 1 unspecified atom stereocenters. The Morgan fingerprint density at radius 1 is 1.39 bits per heavy atom. The first-order valence-electron chi connectivity index (χ1n) is 6.46. The number of rotatable bonds is 3. The fourth-order valence-corrected chi connectivity index (χ4v) is 2.83. The lowest BCUT2D eigenvalue weighted by Gasteiger charge is -2.33. The zero-order chi connectivity index (χ0) is 13.1. The van der Waals surface area contributed by atoms with Crippen molar-refractivity contribution in [1.29, 1.82) is 0 Å². The third-order valence-corrected chi connectivity index (χ3v) is 4.28. The molecule has 4 heteroatoms. The molecule has 1 atom stereocenters. The van der Waals surface area contributed by atoms with E-state index in [9.17, 15) is 4.39 Å². The van der Waals surface area contributed by atoms with Gasteiger partial charge >= 0.3 is 0 Å². The second kappa shape index (κ2) is 6.02. The summed E-state index contributed by atoms with van der Waals surface area (Å²) in [4.78, 5) is 2.35. The van der Waals surface area contributed by atoms with Crippen LogP contribution in [-0.2, 0) is 0 Å². The molecule has 0 radical (unpaired) electrons. The van der Waals surface area contributed by atoms with E-state index in [1.54, 1.807) is 6.07 Å². The lowest BCUT2D eigenvalue weighted by atomic mass is 9.90. The van der Waals surface area contributed by atoms with Gasteiger partial charge in [0, 0.05) is 10.5 Å². The van der Waals surface area contributed by atoms with Crippen LogP contribution in [0, 0.1) is 11.7 Å². The third-order valence-electron chi connectivity index (χ3n) is 3.78. The first-order valence-corrected chi connectivity index (χ1v) is 7.25. The Balaban J connectivity index is 1.96. The van der Waals surface area contributed by atoms with Crippen LogP contribution in [0.4, 0.5) is 10.1 Å². The predicted molar refractivity (Wildman–Crippen MR) is 77.4 cm³/mol. The summed E-state index contributed by atoms with van der Waals surface area (Å²) in [5.74, 6) is 0.438. The predicted octanol–water partition coefficient (Wildman–Crippen LogP) is 3.73. The molecule has 0 aromatic heterocycles. The van der Waals surface area contributed by atoms with Crippen LogP contribution in [0.5, 0.6) is 0 Å². The molecule has 100 valence electrons. The van der Waals surface area contributed by atoms with Gasteiger partial charge in [-0.3, -0.25) is 0 Å². The largest absolute Gasteiger partial charge is 0.380 e. The number of nitrogens with one attached hydrogen (secondary N) is 1. The fraction of sp³-hybridized carbons (Fsp3) is 0.571. The van der Waals surface area contributed by atoms with Gasteiger partial charge in [0.25, 0.3) is 0 Å². The van der Waals surface area contributed by atoms with Gasteiger partial charge in [-0.2, -0.15) is 0 Å². The van der Waals surface area contributed by atoms with Gasteiger partial charge in [0.2, 0.25) is 0 Å². The molecule has 1 aliphatic rings. The summed E-state index contributed by atoms with van der Waals surface area (Å²) in [7, 11) is 2.16. The van der Waals surface area contributed by atoms with Gasteiger partial charge in [-0.25, -0.2) is 4.39 Å². The van der Waals surface area contributed by atoms with E-state index in [2.05, 4.69) is 40.1 Å². The van der Waals surface area contributed by atoms with Crippen molar-refractivity contribution in [2.24, 2.45) is 5.92 Å². The van der Waals surface area contributed by atoms with Crippen molar-refractivity contribution in [3.05, 3.63) is 28.5 Å². The number of benzene rings is 1. The number of likely N-dealkylation sites (tertiary alicyclic amines) is 1. The fourth-order valence-electron chi connectivity index (χ4n) is 2.50. The van der Waals surface area contributed by atoms with Crippen molar-refractivity contribution in [2.75, 3.05) is 25.5 Å². The van der Waals surface area contributed by atoms with Crippen LogP contribution in [0.2, 0.25) is 0 Å². The van der Waals surface area contributed by atoms with E-state index in [1.807, 2.05) is 6.07 Å². The van der Waals surface area contributed by atoms with Crippen LogP contribution < -0.4 is 5.32 Å². The van der Waals surface area contributed by atoms with E-state index < -0.39 is 0 Å². The molecule has 0 spiro atoms. The number of piperidine rings is 1. The summed E-state index contributed by atoms with van der Waals surface area (Å²) < 4.78 is 14.5. The third kappa shape index (κ3) is 3.45. The summed E-state index contributed by atoms with van der Waals surface area (Å²) >= 11 is 3.27. The maximum atomic E-state index is 13.7. The summed E-state index contributed by atoms with van der Waals surface area (Å²) in [6, 6.07) is 5.48. The lowest BCUT2D eigenvalue weighted by molar-refractivity contribution is 0.208. The highest BCUT2D eigenvalue weighted by atomic mass is 79.9. The highest BCUT2D eigenvalue weighted by molar-refractivity contribution is 9.10. The molecule has 1 aliphatic heterocycles. The summed E-state index contributed by atoms with van der Waals surface area (Å²) in [6.45, 7) is 4.43. The van der Waals surface area contributed by atoms with Crippen LogP contribution in [0.25, 0.3) is 0 Å². The Morgan fingerprint density at radius 3 is 2.67 bits per heavy atom. The zero-order valence-electron chi connectivity index (χ0n) is 10.9. The van der Waals surface area contributed by atoms with E-state index in [-0.39, 0.29) is 5.82 Å². The Morgan fingerprint density at radius 2 is 2.06 bits per heavy atom. The van der Waals surface area contributed by atoms with Crippen molar-refractivity contribution in [1.82, 2.24) is 4.90 Å². The van der Waals surface area contributed by atoms with Gasteiger partial charge in [0.05, 0.1) is 5.69 Å². The minimum absolute atomic E-state index is 0.191. The Bertz CT molecular complexity index is 403. The Labute approximate surface area is 117 Å². The molecule has 2 rings (SSSR count).